The van der Waals surface area contributed by atoms with Gasteiger partial charge in [-0.1, -0.05) is 19.1 Å². The van der Waals surface area contributed by atoms with Gasteiger partial charge in [0.25, 0.3) is 0 Å². The lowest BCUT2D eigenvalue weighted by Crippen LogP contribution is -2.27. The zero-order valence-electron chi connectivity index (χ0n) is 10.9. The number of rotatable bonds is 6. The average Bonchev–Trinajstić information content (AvgIpc) is 2.34. The Bertz CT molecular complexity index is 363. The summed E-state index contributed by atoms with van der Waals surface area (Å²) >= 11 is 0. The van der Waals surface area contributed by atoms with E-state index in [1.165, 1.54) is 11.3 Å². The first-order chi connectivity index (χ1) is 8.17. The first kappa shape index (κ1) is 13.6. The second kappa shape index (κ2) is 6.94. The minimum atomic E-state index is -0.134. The van der Waals surface area contributed by atoms with Crippen molar-refractivity contribution in [2.45, 2.75) is 27.2 Å². The van der Waals surface area contributed by atoms with Crippen molar-refractivity contribution in [3.05, 3.63) is 29.8 Å². The molecule has 0 aliphatic heterocycles. The predicted molar refractivity (Wildman–Crippen MR) is 70.3 cm³/mol. The second-order valence-electron chi connectivity index (χ2n) is 3.99. The zero-order chi connectivity index (χ0) is 12.7. The van der Waals surface area contributed by atoms with E-state index < -0.39 is 0 Å². The van der Waals surface area contributed by atoms with Gasteiger partial charge in [-0.05, 0) is 31.5 Å². The fraction of sp³-hybridized carbons (Fsp3) is 0.500. The van der Waals surface area contributed by atoms with E-state index in [4.69, 9.17) is 4.74 Å². The fourth-order valence-electron chi connectivity index (χ4n) is 1.67. The molecule has 1 aromatic rings. The number of likely N-dealkylation sites (N-methyl/N-ethyl adjacent to an activating group) is 1. The van der Waals surface area contributed by atoms with Gasteiger partial charge >= 0.3 is 5.97 Å². The molecule has 0 spiro atoms. The number of esters is 1. The number of carbonyl (C=O) groups is 1. The lowest BCUT2D eigenvalue weighted by atomic mass is 10.2. The average molecular weight is 235 g/mol. The third-order valence-corrected chi connectivity index (χ3v) is 2.66. The molecule has 0 atom stereocenters. The van der Waals surface area contributed by atoms with Crippen LogP contribution in [-0.4, -0.2) is 25.7 Å². The molecule has 0 heterocycles. The van der Waals surface area contributed by atoms with Crippen LogP contribution < -0.4 is 4.90 Å². The highest BCUT2D eigenvalue weighted by molar-refractivity contribution is 5.68. The van der Waals surface area contributed by atoms with E-state index in [2.05, 4.69) is 36.9 Å². The summed E-state index contributed by atoms with van der Waals surface area (Å²) in [5, 5.41) is 0. The van der Waals surface area contributed by atoms with Gasteiger partial charge in [-0.15, -0.1) is 0 Å². The molecule has 94 valence electrons. The van der Waals surface area contributed by atoms with Crippen molar-refractivity contribution in [3.63, 3.8) is 0 Å². The van der Waals surface area contributed by atoms with Gasteiger partial charge in [0.1, 0.15) is 6.61 Å². The molecular weight excluding hydrogens is 214 g/mol. The molecule has 17 heavy (non-hydrogen) atoms. The van der Waals surface area contributed by atoms with Gasteiger partial charge in [0.15, 0.2) is 0 Å². The van der Waals surface area contributed by atoms with Crippen LogP contribution in [0.25, 0.3) is 0 Å². The quantitative estimate of drug-likeness (QED) is 0.710. The Labute approximate surface area is 103 Å². The van der Waals surface area contributed by atoms with Crippen LogP contribution in [0.3, 0.4) is 0 Å². The Hall–Kier alpha value is -1.51. The lowest BCUT2D eigenvalue weighted by molar-refractivity contribution is -0.142. The number of ether oxygens (including phenoxy) is 1. The molecule has 0 saturated heterocycles. The van der Waals surface area contributed by atoms with E-state index in [0.29, 0.717) is 13.0 Å². The molecule has 0 aliphatic rings. The first-order valence-electron chi connectivity index (χ1n) is 6.14. The Morgan fingerprint density at radius 2 is 2.12 bits per heavy atom. The summed E-state index contributed by atoms with van der Waals surface area (Å²) in [5.74, 6) is -0.134. The maximum absolute atomic E-state index is 11.0. The molecule has 0 N–H and O–H groups in total. The van der Waals surface area contributed by atoms with Crippen molar-refractivity contribution in [1.82, 2.24) is 0 Å². The zero-order valence-corrected chi connectivity index (χ0v) is 10.9. The smallest absolute Gasteiger partial charge is 0.305 e. The van der Waals surface area contributed by atoms with E-state index >= 15 is 0 Å². The van der Waals surface area contributed by atoms with Crippen LogP contribution in [0.4, 0.5) is 5.69 Å². The molecule has 0 bridgehead atoms. The highest BCUT2D eigenvalue weighted by Gasteiger charge is 2.05. The number of nitrogens with zero attached hydrogens (tertiary/aromatic N) is 1. The van der Waals surface area contributed by atoms with Gasteiger partial charge in [0.05, 0.1) is 6.54 Å². The molecule has 0 aliphatic carbocycles. The highest BCUT2D eigenvalue weighted by Crippen LogP contribution is 2.15. The second-order valence-corrected chi connectivity index (χ2v) is 3.99. The first-order valence-corrected chi connectivity index (χ1v) is 6.14. The number of anilines is 1. The van der Waals surface area contributed by atoms with Gasteiger partial charge in [-0.3, -0.25) is 4.79 Å². The topological polar surface area (TPSA) is 29.5 Å². The number of hydrogen-bond donors (Lipinski definition) is 0. The molecular formula is C14H21NO2. The van der Waals surface area contributed by atoms with Crippen LogP contribution in [0, 0.1) is 6.92 Å². The van der Waals surface area contributed by atoms with Crippen molar-refractivity contribution in [2.24, 2.45) is 0 Å². The van der Waals surface area contributed by atoms with Gasteiger partial charge in [-0.2, -0.15) is 0 Å². The number of hydrogen-bond acceptors (Lipinski definition) is 3. The largest absolute Gasteiger partial charge is 0.464 e. The molecule has 0 fully saturated rings. The van der Waals surface area contributed by atoms with Crippen molar-refractivity contribution in [2.75, 3.05) is 24.6 Å². The predicted octanol–water partition coefficient (Wildman–Crippen LogP) is 2.77. The number of aryl methyl sites for hydroxylation is 1. The van der Waals surface area contributed by atoms with Crippen molar-refractivity contribution in [1.29, 1.82) is 0 Å². The third-order valence-electron chi connectivity index (χ3n) is 2.66. The van der Waals surface area contributed by atoms with Crippen LogP contribution in [0.2, 0.25) is 0 Å². The molecule has 3 nitrogen and oxygen atoms in total. The van der Waals surface area contributed by atoms with Gasteiger partial charge in [-0.25, -0.2) is 0 Å². The fourth-order valence-corrected chi connectivity index (χ4v) is 1.67. The normalized spacial score (nSPS) is 10.1. The van der Waals surface area contributed by atoms with Crippen LogP contribution >= 0.6 is 0 Å². The Morgan fingerprint density at radius 3 is 2.71 bits per heavy atom. The Morgan fingerprint density at radius 1 is 1.35 bits per heavy atom. The molecule has 1 rings (SSSR count). The maximum atomic E-state index is 11.0. The summed E-state index contributed by atoms with van der Waals surface area (Å²) in [6, 6.07) is 8.35. The SMILES string of the molecule is CCC(=O)OCCN(CC)c1cccc(C)c1. The number of benzene rings is 1. The van der Waals surface area contributed by atoms with Gasteiger partial charge < -0.3 is 9.64 Å². The molecule has 1 aromatic carbocycles. The van der Waals surface area contributed by atoms with Crippen LogP contribution in [0.5, 0.6) is 0 Å². The molecule has 0 amide bonds. The van der Waals surface area contributed by atoms with E-state index in [0.717, 1.165) is 13.1 Å². The third kappa shape index (κ3) is 4.47. The van der Waals surface area contributed by atoms with Crippen molar-refractivity contribution >= 4 is 11.7 Å². The van der Waals surface area contributed by atoms with Crippen LogP contribution in [0.15, 0.2) is 24.3 Å². The Balaban J connectivity index is 2.51. The minimum absolute atomic E-state index is 0.134. The molecule has 0 saturated carbocycles. The standard InChI is InChI=1S/C14H21NO2/c1-4-14(16)17-10-9-15(5-2)13-8-6-7-12(3)11-13/h6-8,11H,4-5,9-10H2,1-3H3. The van der Waals surface area contributed by atoms with Crippen molar-refractivity contribution < 1.29 is 9.53 Å². The van der Waals surface area contributed by atoms with Crippen molar-refractivity contribution in [3.8, 4) is 0 Å². The molecule has 0 radical (unpaired) electrons. The maximum Gasteiger partial charge on any atom is 0.305 e. The van der Waals surface area contributed by atoms with E-state index in [1.54, 1.807) is 6.92 Å². The summed E-state index contributed by atoms with van der Waals surface area (Å²) in [6.07, 6.45) is 0.441. The summed E-state index contributed by atoms with van der Waals surface area (Å²) in [7, 11) is 0. The molecule has 0 aromatic heterocycles. The van der Waals surface area contributed by atoms with Gasteiger partial charge in [0, 0.05) is 18.7 Å². The minimum Gasteiger partial charge on any atom is -0.464 e. The van der Waals surface area contributed by atoms with E-state index in [9.17, 15) is 4.79 Å². The molecule has 3 heteroatoms. The monoisotopic (exact) mass is 235 g/mol. The highest BCUT2D eigenvalue weighted by atomic mass is 16.5. The summed E-state index contributed by atoms with van der Waals surface area (Å²) in [6.45, 7) is 8.09. The Kier molecular flexibility index (Phi) is 5.53. The van der Waals surface area contributed by atoms with E-state index in [-0.39, 0.29) is 5.97 Å². The van der Waals surface area contributed by atoms with Crippen LogP contribution in [-0.2, 0) is 9.53 Å². The summed E-state index contributed by atoms with van der Waals surface area (Å²) in [4.78, 5) is 13.2. The van der Waals surface area contributed by atoms with Crippen LogP contribution in [0.1, 0.15) is 25.8 Å². The summed E-state index contributed by atoms with van der Waals surface area (Å²) in [5.41, 5.74) is 2.42. The summed E-state index contributed by atoms with van der Waals surface area (Å²) < 4.78 is 5.09. The molecule has 0 unspecified atom stereocenters. The number of carbonyl (C=O) groups excluding carboxylic acids is 1. The van der Waals surface area contributed by atoms with Gasteiger partial charge in [0.2, 0.25) is 0 Å². The van der Waals surface area contributed by atoms with E-state index in [1.807, 2.05) is 6.07 Å². The lowest BCUT2D eigenvalue weighted by Gasteiger charge is -2.23.